The van der Waals surface area contributed by atoms with Crippen molar-refractivity contribution in [1.82, 2.24) is 10.2 Å². The van der Waals surface area contributed by atoms with Crippen LogP contribution in [-0.4, -0.2) is 31.8 Å². The van der Waals surface area contributed by atoms with E-state index >= 15 is 0 Å². The maximum absolute atomic E-state index is 12.6. The summed E-state index contributed by atoms with van der Waals surface area (Å²) >= 11 is 11.9. The van der Waals surface area contributed by atoms with Crippen LogP contribution >= 0.6 is 35.6 Å². The lowest BCUT2D eigenvalue weighted by Gasteiger charge is -2.36. The number of amides is 1. The van der Waals surface area contributed by atoms with Crippen LogP contribution in [0, 0.1) is 16.0 Å². The Morgan fingerprint density at radius 2 is 2.04 bits per heavy atom. The van der Waals surface area contributed by atoms with Gasteiger partial charge in [0.05, 0.1) is 17.2 Å². The van der Waals surface area contributed by atoms with Crippen LogP contribution in [0.4, 0.5) is 0 Å². The number of thiocarbonyl (C=S) groups is 1. The van der Waals surface area contributed by atoms with Crippen molar-refractivity contribution in [2.45, 2.75) is 6.04 Å². The standard InChI is InChI=1S/C14H8ClN5O3S2/c15-7-3-1-6(2-4-7)10-9-11(17-13(24)16-10)19-5-8(20(22)23)25-14(19)18-12(9)21/h1-5,9-10H,(H,16,24). The average molecular weight is 394 g/mol. The van der Waals surface area contributed by atoms with E-state index in [1.54, 1.807) is 24.3 Å². The second kappa shape index (κ2) is 5.90. The molecule has 1 aromatic carbocycles. The van der Waals surface area contributed by atoms with E-state index in [-0.39, 0.29) is 15.3 Å². The lowest BCUT2D eigenvalue weighted by atomic mass is 9.89. The van der Waals surface area contributed by atoms with Crippen LogP contribution in [0.25, 0.3) is 0 Å². The third-order valence-corrected chi connectivity index (χ3v) is 5.27. The first-order valence-corrected chi connectivity index (χ1v) is 8.64. The summed E-state index contributed by atoms with van der Waals surface area (Å²) in [6.07, 6.45) is 1.31. The molecule has 3 aliphatic heterocycles. The van der Waals surface area contributed by atoms with Crippen LogP contribution in [0.3, 0.4) is 0 Å². The molecule has 0 saturated carbocycles. The predicted molar refractivity (Wildman–Crippen MR) is 97.8 cm³/mol. The van der Waals surface area contributed by atoms with Crippen LogP contribution in [-0.2, 0) is 4.79 Å². The molecule has 8 nitrogen and oxygen atoms in total. The van der Waals surface area contributed by atoms with Gasteiger partial charge in [0, 0.05) is 16.8 Å². The van der Waals surface area contributed by atoms with Gasteiger partial charge in [0.25, 0.3) is 5.91 Å². The highest BCUT2D eigenvalue weighted by Crippen LogP contribution is 2.38. The SMILES string of the molecule is O=C1N=C2SC([N+](=O)[O-])=CN2C2=NC(=S)NC(c3ccc(Cl)cc3)C12. The Morgan fingerprint density at radius 3 is 2.72 bits per heavy atom. The van der Waals surface area contributed by atoms with Gasteiger partial charge in [0.2, 0.25) is 0 Å². The normalized spacial score (nSPS) is 24.7. The van der Waals surface area contributed by atoms with Crippen LogP contribution in [0.5, 0.6) is 0 Å². The first kappa shape index (κ1) is 16.2. The number of fused-ring (bicyclic) bond motifs is 3. The Hall–Kier alpha value is -2.30. The van der Waals surface area contributed by atoms with Gasteiger partial charge in [-0.15, -0.1) is 0 Å². The van der Waals surface area contributed by atoms with Crippen LogP contribution in [0.2, 0.25) is 5.02 Å². The van der Waals surface area contributed by atoms with Gasteiger partial charge in [-0.3, -0.25) is 19.8 Å². The first-order valence-electron chi connectivity index (χ1n) is 7.04. The van der Waals surface area contributed by atoms with E-state index in [0.29, 0.717) is 10.9 Å². The molecule has 0 saturated heterocycles. The largest absolute Gasteiger partial charge is 0.353 e. The van der Waals surface area contributed by atoms with Crippen LogP contribution in [0.15, 0.2) is 45.5 Å². The summed E-state index contributed by atoms with van der Waals surface area (Å²) in [5.41, 5.74) is 0.793. The Morgan fingerprint density at radius 1 is 1.32 bits per heavy atom. The summed E-state index contributed by atoms with van der Waals surface area (Å²) in [4.78, 5) is 32.8. The molecule has 25 heavy (non-hydrogen) atoms. The lowest BCUT2D eigenvalue weighted by molar-refractivity contribution is -0.410. The molecule has 0 bridgehead atoms. The van der Waals surface area contributed by atoms with Gasteiger partial charge in [-0.25, -0.2) is 4.99 Å². The number of benzene rings is 1. The minimum Gasteiger partial charge on any atom is -0.353 e. The zero-order chi connectivity index (χ0) is 17.7. The van der Waals surface area contributed by atoms with Crippen molar-refractivity contribution in [3.63, 3.8) is 0 Å². The minimum atomic E-state index is -0.737. The molecule has 3 aliphatic rings. The van der Waals surface area contributed by atoms with Gasteiger partial charge < -0.3 is 5.32 Å². The Labute approximate surface area is 155 Å². The summed E-state index contributed by atoms with van der Waals surface area (Å²) < 4.78 is 0. The van der Waals surface area contributed by atoms with Gasteiger partial charge in [0.15, 0.2) is 10.3 Å². The summed E-state index contributed by atoms with van der Waals surface area (Å²) in [5.74, 6) is -0.826. The second-order valence-electron chi connectivity index (χ2n) is 5.36. The van der Waals surface area contributed by atoms with Crippen molar-refractivity contribution in [3.05, 3.63) is 56.2 Å². The fourth-order valence-corrected chi connectivity index (χ4v) is 3.94. The van der Waals surface area contributed by atoms with E-state index in [1.165, 1.54) is 11.1 Å². The molecule has 1 N–H and O–H groups in total. The first-order chi connectivity index (χ1) is 11.9. The molecule has 0 radical (unpaired) electrons. The molecule has 0 spiro atoms. The smallest absolute Gasteiger partial charge is 0.327 e. The van der Waals surface area contributed by atoms with Gasteiger partial charge >= 0.3 is 5.03 Å². The molecule has 0 aliphatic carbocycles. The minimum absolute atomic E-state index is 0.123. The van der Waals surface area contributed by atoms with E-state index in [4.69, 9.17) is 23.8 Å². The summed E-state index contributed by atoms with van der Waals surface area (Å²) in [6.45, 7) is 0. The third-order valence-electron chi connectivity index (χ3n) is 3.88. The third kappa shape index (κ3) is 2.71. The number of hydrogen-bond acceptors (Lipinski definition) is 6. The highest BCUT2D eigenvalue weighted by atomic mass is 35.5. The van der Waals surface area contributed by atoms with E-state index in [1.807, 2.05) is 0 Å². The van der Waals surface area contributed by atoms with Crippen LogP contribution in [0.1, 0.15) is 11.6 Å². The average Bonchev–Trinajstić information content (AvgIpc) is 2.99. The fraction of sp³-hybridized carbons (Fsp3) is 0.143. The predicted octanol–water partition coefficient (Wildman–Crippen LogP) is 2.30. The molecule has 11 heteroatoms. The molecule has 0 aromatic heterocycles. The van der Waals surface area contributed by atoms with Crippen molar-refractivity contribution in [1.29, 1.82) is 0 Å². The number of thioether (sulfide) groups is 1. The zero-order valence-corrected chi connectivity index (χ0v) is 14.6. The highest BCUT2D eigenvalue weighted by Gasteiger charge is 2.47. The summed E-state index contributed by atoms with van der Waals surface area (Å²) in [7, 11) is 0. The van der Waals surface area contributed by atoms with Crippen molar-refractivity contribution < 1.29 is 9.72 Å². The number of carbonyl (C=O) groups is 1. The number of hydrogen-bond donors (Lipinski definition) is 1. The number of aliphatic imine (C=N–C) groups is 2. The monoisotopic (exact) mass is 393 g/mol. The van der Waals surface area contributed by atoms with Crippen LogP contribution < -0.4 is 5.32 Å². The molecule has 2 atom stereocenters. The van der Waals surface area contributed by atoms with Gasteiger partial charge in [-0.05, 0) is 29.9 Å². The maximum atomic E-state index is 12.6. The van der Waals surface area contributed by atoms with Crippen molar-refractivity contribution in [2.24, 2.45) is 15.9 Å². The Kier molecular flexibility index (Phi) is 3.82. The van der Waals surface area contributed by atoms with Crippen molar-refractivity contribution in [2.75, 3.05) is 0 Å². The fourth-order valence-electron chi connectivity index (χ4n) is 2.80. The van der Waals surface area contributed by atoms with E-state index < -0.39 is 22.8 Å². The van der Waals surface area contributed by atoms with E-state index in [9.17, 15) is 14.9 Å². The summed E-state index contributed by atoms with van der Waals surface area (Å²) in [6, 6.07) is 6.52. The van der Waals surface area contributed by atoms with Gasteiger partial charge in [0.1, 0.15) is 11.8 Å². The number of carbonyl (C=O) groups excluding carboxylic acids is 1. The molecular formula is C14H8ClN5O3S2. The highest BCUT2D eigenvalue weighted by molar-refractivity contribution is 8.17. The van der Waals surface area contributed by atoms with E-state index in [0.717, 1.165) is 17.3 Å². The number of nitrogens with zero attached hydrogens (tertiary/aromatic N) is 4. The lowest BCUT2D eigenvalue weighted by Crippen LogP contribution is -2.52. The zero-order valence-electron chi connectivity index (χ0n) is 12.2. The van der Waals surface area contributed by atoms with Gasteiger partial charge in [-0.2, -0.15) is 4.99 Å². The number of rotatable bonds is 2. The molecule has 4 rings (SSSR count). The molecule has 1 aromatic rings. The Bertz CT molecular complexity index is 912. The number of nitro groups is 1. The van der Waals surface area contributed by atoms with Crippen molar-refractivity contribution >= 4 is 57.6 Å². The topological polar surface area (TPSA) is 100 Å². The molecule has 126 valence electrons. The molecule has 1 amide bonds. The van der Waals surface area contributed by atoms with Gasteiger partial charge in [-0.1, -0.05) is 23.7 Å². The molecule has 0 fully saturated rings. The van der Waals surface area contributed by atoms with E-state index in [2.05, 4.69) is 15.3 Å². The summed E-state index contributed by atoms with van der Waals surface area (Å²) in [5, 5.41) is 14.9. The number of halogens is 1. The number of amidine groups is 2. The number of nitrogens with one attached hydrogen (secondary N) is 1. The maximum Gasteiger partial charge on any atom is 0.327 e. The molecular weight excluding hydrogens is 386 g/mol. The quantitative estimate of drug-likeness (QED) is 0.467. The second-order valence-corrected chi connectivity index (χ2v) is 7.17. The Balaban J connectivity index is 1.79. The van der Waals surface area contributed by atoms with Crippen molar-refractivity contribution in [3.8, 4) is 0 Å². The molecule has 2 unspecified atom stereocenters. The molecule has 3 heterocycles.